The number of nitrogens with one attached hydrogen (secondary N) is 1. The van der Waals surface area contributed by atoms with Gasteiger partial charge in [-0.15, -0.1) is 0 Å². The van der Waals surface area contributed by atoms with Crippen LogP contribution in [0.15, 0.2) is 24.3 Å². The fourth-order valence-corrected chi connectivity index (χ4v) is 2.84. The molecule has 0 spiro atoms. The molecule has 1 aliphatic rings. The van der Waals surface area contributed by atoms with Crippen molar-refractivity contribution < 1.29 is 14.3 Å². The summed E-state index contributed by atoms with van der Waals surface area (Å²) in [4.78, 5) is 12.4. The third-order valence-electron chi connectivity index (χ3n) is 4.21. The Bertz CT molecular complexity index is 467. The Balaban J connectivity index is 1.88. The van der Waals surface area contributed by atoms with Crippen molar-refractivity contribution in [3.05, 3.63) is 29.8 Å². The van der Waals surface area contributed by atoms with Crippen LogP contribution in [-0.2, 0) is 4.74 Å². The lowest BCUT2D eigenvalue weighted by molar-refractivity contribution is 0.0903. The molecule has 0 saturated heterocycles. The minimum atomic E-state index is -0.216. The van der Waals surface area contributed by atoms with Gasteiger partial charge in [-0.2, -0.15) is 0 Å². The minimum absolute atomic E-state index is 0.0571. The molecule has 122 valence electrons. The zero-order valence-electron chi connectivity index (χ0n) is 13.3. The lowest BCUT2D eigenvalue weighted by atomic mass is 9.97. The predicted molar refractivity (Wildman–Crippen MR) is 86.1 cm³/mol. The number of benzene rings is 1. The van der Waals surface area contributed by atoms with Crippen LogP contribution in [0.4, 0.5) is 0 Å². The van der Waals surface area contributed by atoms with Crippen LogP contribution in [-0.4, -0.2) is 38.3 Å². The van der Waals surface area contributed by atoms with Crippen molar-refractivity contribution in [3.8, 4) is 5.75 Å². The highest BCUT2D eigenvalue weighted by Gasteiger charge is 2.33. The topological polar surface area (TPSA) is 73.6 Å². The highest BCUT2D eigenvalue weighted by molar-refractivity contribution is 5.94. The standard InChI is InChI=1S/C17H26N2O3/c1-21-11-4-12-22-15-7-5-14(6-8-15)16(20)19-17(13-18)9-2-3-10-17/h5-8H,2-4,9-13,18H2,1H3,(H,19,20). The van der Waals surface area contributed by atoms with E-state index in [0.29, 0.717) is 25.3 Å². The van der Waals surface area contributed by atoms with Gasteiger partial charge in [0.25, 0.3) is 5.91 Å². The Kier molecular flexibility index (Phi) is 6.21. The van der Waals surface area contributed by atoms with Gasteiger partial charge < -0.3 is 20.5 Å². The van der Waals surface area contributed by atoms with E-state index in [4.69, 9.17) is 15.2 Å². The molecule has 1 fully saturated rings. The molecule has 1 saturated carbocycles. The van der Waals surface area contributed by atoms with Crippen molar-refractivity contribution in [1.29, 1.82) is 0 Å². The van der Waals surface area contributed by atoms with Gasteiger partial charge in [0.2, 0.25) is 0 Å². The number of nitrogens with two attached hydrogens (primary N) is 1. The van der Waals surface area contributed by atoms with Crippen LogP contribution in [0.3, 0.4) is 0 Å². The normalized spacial score (nSPS) is 16.5. The lowest BCUT2D eigenvalue weighted by Gasteiger charge is -2.28. The number of methoxy groups -OCH3 is 1. The van der Waals surface area contributed by atoms with Gasteiger partial charge in [0, 0.05) is 32.2 Å². The summed E-state index contributed by atoms with van der Waals surface area (Å²) in [7, 11) is 1.67. The molecule has 2 rings (SSSR count). The molecule has 1 amide bonds. The van der Waals surface area contributed by atoms with Crippen LogP contribution in [0.1, 0.15) is 42.5 Å². The Labute approximate surface area is 132 Å². The molecular weight excluding hydrogens is 280 g/mol. The summed E-state index contributed by atoms with van der Waals surface area (Å²) in [6.45, 7) is 1.79. The predicted octanol–water partition coefficient (Wildman–Crippen LogP) is 2.10. The summed E-state index contributed by atoms with van der Waals surface area (Å²) in [5.74, 6) is 0.709. The zero-order valence-corrected chi connectivity index (χ0v) is 13.3. The van der Waals surface area contributed by atoms with E-state index in [2.05, 4.69) is 5.32 Å². The second-order valence-electron chi connectivity index (χ2n) is 5.86. The first-order valence-corrected chi connectivity index (χ1v) is 7.93. The van der Waals surface area contributed by atoms with Crippen molar-refractivity contribution in [1.82, 2.24) is 5.32 Å². The van der Waals surface area contributed by atoms with E-state index in [1.165, 1.54) is 0 Å². The molecule has 3 N–H and O–H groups in total. The van der Waals surface area contributed by atoms with E-state index in [-0.39, 0.29) is 11.4 Å². The van der Waals surface area contributed by atoms with Crippen LogP contribution in [0.5, 0.6) is 5.75 Å². The average molecular weight is 306 g/mol. The molecule has 0 aliphatic heterocycles. The van der Waals surface area contributed by atoms with Gasteiger partial charge in [-0.3, -0.25) is 4.79 Å². The van der Waals surface area contributed by atoms with E-state index >= 15 is 0 Å². The SMILES string of the molecule is COCCCOc1ccc(C(=O)NC2(CN)CCCC2)cc1. The second kappa shape index (κ2) is 8.15. The number of ether oxygens (including phenoxy) is 2. The van der Waals surface area contributed by atoms with Crippen LogP contribution in [0.2, 0.25) is 0 Å². The third kappa shape index (κ3) is 4.45. The van der Waals surface area contributed by atoms with Crippen LogP contribution in [0.25, 0.3) is 0 Å². The number of hydrogen-bond donors (Lipinski definition) is 2. The number of carbonyl (C=O) groups excluding carboxylic acids is 1. The van der Waals surface area contributed by atoms with E-state index in [0.717, 1.165) is 37.9 Å². The van der Waals surface area contributed by atoms with Gasteiger partial charge in [0.05, 0.1) is 12.1 Å². The average Bonchev–Trinajstić information content (AvgIpc) is 3.01. The van der Waals surface area contributed by atoms with Gasteiger partial charge in [0.15, 0.2) is 0 Å². The summed E-state index contributed by atoms with van der Waals surface area (Å²) in [5, 5.41) is 3.12. The Morgan fingerprint density at radius 2 is 1.91 bits per heavy atom. The Hall–Kier alpha value is -1.59. The van der Waals surface area contributed by atoms with Crippen molar-refractivity contribution in [2.45, 2.75) is 37.6 Å². The summed E-state index contributed by atoms with van der Waals surface area (Å²) >= 11 is 0. The van der Waals surface area contributed by atoms with Crippen molar-refractivity contribution in [2.75, 3.05) is 26.9 Å². The number of hydrogen-bond acceptors (Lipinski definition) is 4. The fraction of sp³-hybridized carbons (Fsp3) is 0.588. The van der Waals surface area contributed by atoms with Crippen LogP contribution >= 0.6 is 0 Å². The molecule has 0 heterocycles. The molecule has 1 aromatic rings. The minimum Gasteiger partial charge on any atom is -0.494 e. The molecule has 1 aliphatic carbocycles. The molecule has 0 bridgehead atoms. The maximum absolute atomic E-state index is 12.4. The number of carbonyl (C=O) groups is 1. The van der Waals surface area contributed by atoms with Gasteiger partial charge in [0.1, 0.15) is 5.75 Å². The highest BCUT2D eigenvalue weighted by Crippen LogP contribution is 2.29. The molecule has 0 radical (unpaired) electrons. The maximum Gasteiger partial charge on any atom is 0.251 e. The van der Waals surface area contributed by atoms with Crippen molar-refractivity contribution in [2.24, 2.45) is 5.73 Å². The van der Waals surface area contributed by atoms with Crippen LogP contribution in [0, 0.1) is 0 Å². The first kappa shape index (κ1) is 16.8. The quantitative estimate of drug-likeness (QED) is 0.721. The van der Waals surface area contributed by atoms with Crippen molar-refractivity contribution >= 4 is 5.91 Å². The van der Waals surface area contributed by atoms with Gasteiger partial charge in [-0.25, -0.2) is 0 Å². The zero-order chi connectivity index (χ0) is 15.8. The summed E-state index contributed by atoms with van der Waals surface area (Å²) in [5.41, 5.74) is 6.28. The first-order chi connectivity index (χ1) is 10.7. The van der Waals surface area contributed by atoms with E-state index in [1.807, 2.05) is 12.1 Å². The van der Waals surface area contributed by atoms with Crippen molar-refractivity contribution in [3.63, 3.8) is 0 Å². The number of rotatable bonds is 8. The third-order valence-corrected chi connectivity index (χ3v) is 4.21. The Morgan fingerprint density at radius 3 is 2.50 bits per heavy atom. The molecule has 5 heteroatoms. The fourth-order valence-electron chi connectivity index (χ4n) is 2.84. The van der Waals surface area contributed by atoms with E-state index < -0.39 is 0 Å². The first-order valence-electron chi connectivity index (χ1n) is 7.93. The highest BCUT2D eigenvalue weighted by atomic mass is 16.5. The molecule has 0 atom stereocenters. The summed E-state index contributed by atoms with van der Waals surface area (Å²) < 4.78 is 10.6. The molecule has 0 unspecified atom stereocenters. The Morgan fingerprint density at radius 1 is 1.23 bits per heavy atom. The summed E-state index contributed by atoms with van der Waals surface area (Å²) in [6, 6.07) is 7.23. The molecule has 0 aromatic heterocycles. The van der Waals surface area contributed by atoms with Crippen LogP contribution < -0.4 is 15.8 Å². The van der Waals surface area contributed by atoms with Gasteiger partial charge in [-0.1, -0.05) is 12.8 Å². The monoisotopic (exact) mass is 306 g/mol. The number of amides is 1. The molecule has 5 nitrogen and oxygen atoms in total. The van der Waals surface area contributed by atoms with Gasteiger partial charge >= 0.3 is 0 Å². The largest absolute Gasteiger partial charge is 0.494 e. The van der Waals surface area contributed by atoms with E-state index in [1.54, 1.807) is 19.2 Å². The lowest BCUT2D eigenvalue weighted by Crippen LogP contribution is -2.51. The second-order valence-corrected chi connectivity index (χ2v) is 5.86. The molecule has 1 aromatic carbocycles. The van der Waals surface area contributed by atoms with Gasteiger partial charge in [-0.05, 0) is 37.1 Å². The van der Waals surface area contributed by atoms with E-state index in [9.17, 15) is 4.79 Å². The maximum atomic E-state index is 12.4. The smallest absolute Gasteiger partial charge is 0.251 e. The molecule has 22 heavy (non-hydrogen) atoms. The summed E-state index contributed by atoms with van der Waals surface area (Å²) in [6.07, 6.45) is 5.04. The molecular formula is C17H26N2O3.